The van der Waals surface area contributed by atoms with Gasteiger partial charge in [-0.1, -0.05) is 41.9 Å². The van der Waals surface area contributed by atoms with E-state index in [4.69, 9.17) is 16.7 Å². The molecule has 112 valence electrons. The van der Waals surface area contributed by atoms with Gasteiger partial charge in [-0.2, -0.15) is 11.8 Å². The summed E-state index contributed by atoms with van der Waals surface area (Å²) < 4.78 is 0. The van der Waals surface area contributed by atoms with Gasteiger partial charge >= 0.3 is 0 Å². The van der Waals surface area contributed by atoms with Gasteiger partial charge in [0, 0.05) is 30.5 Å². The molecule has 1 heterocycles. The van der Waals surface area contributed by atoms with Gasteiger partial charge in [0.15, 0.2) is 5.82 Å². The van der Waals surface area contributed by atoms with Gasteiger partial charge in [-0.05, 0) is 12.2 Å². The van der Waals surface area contributed by atoms with Crippen molar-refractivity contribution >= 4 is 29.2 Å². The smallest absolute Gasteiger partial charge is 0.163 e. The lowest BCUT2D eigenvalue weighted by Gasteiger charge is -2.08. The van der Waals surface area contributed by atoms with Gasteiger partial charge in [0.25, 0.3) is 0 Å². The van der Waals surface area contributed by atoms with Crippen LogP contribution in [0.4, 0.5) is 5.82 Å². The fourth-order valence-corrected chi connectivity index (χ4v) is 2.71. The maximum Gasteiger partial charge on any atom is 0.163 e. The number of aromatic nitrogens is 2. The van der Waals surface area contributed by atoms with Gasteiger partial charge in [0.05, 0.1) is 0 Å². The van der Waals surface area contributed by atoms with Crippen molar-refractivity contribution in [3.05, 3.63) is 41.6 Å². The molecule has 0 bridgehead atoms. The predicted molar refractivity (Wildman–Crippen MR) is 90.0 cm³/mol. The van der Waals surface area contributed by atoms with Crippen molar-refractivity contribution in [2.75, 3.05) is 30.0 Å². The molecule has 0 aliphatic heterocycles. The molecular formula is C15H18ClN3OS. The quantitative estimate of drug-likeness (QED) is 0.576. The van der Waals surface area contributed by atoms with E-state index in [-0.39, 0.29) is 6.61 Å². The molecule has 0 aliphatic carbocycles. The molecule has 2 rings (SSSR count). The summed E-state index contributed by atoms with van der Waals surface area (Å²) in [5.41, 5.74) is 0.945. The molecule has 0 aliphatic rings. The Kier molecular flexibility index (Phi) is 6.79. The van der Waals surface area contributed by atoms with Crippen LogP contribution in [0.1, 0.15) is 6.42 Å². The van der Waals surface area contributed by atoms with Crippen LogP contribution in [0, 0.1) is 0 Å². The molecule has 0 unspecified atom stereocenters. The lowest BCUT2D eigenvalue weighted by molar-refractivity contribution is 0.296. The standard InChI is InChI=1S/C15H18ClN3OS/c16-13-11-14(17-7-10-21-9-4-8-20)19-15(18-13)12-5-2-1-3-6-12/h1-3,5-6,11,20H,4,7-10H2,(H,17,18,19). The van der Waals surface area contributed by atoms with Crippen molar-refractivity contribution in [3.63, 3.8) is 0 Å². The maximum atomic E-state index is 8.71. The number of thioether (sulfide) groups is 1. The number of benzene rings is 1. The average molecular weight is 324 g/mol. The van der Waals surface area contributed by atoms with Crippen LogP contribution in [0.15, 0.2) is 36.4 Å². The van der Waals surface area contributed by atoms with Gasteiger partial charge in [0.2, 0.25) is 0 Å². The van der Waals surface area contributed by atoms with Crippen LogP contribution in [0.25, 0.3) is 11.4 Å². The van der Waals surface area contributed by atoms with Crippen LogP contribution in [-0.4, -0.2) is 39.7 Å². The minimum atomic E-state index is 0.252. The Morgan fingerprint density at radius 3 is 2.71 bits per heavy atom. The highest BCUT2D eigenvalue weighted by atomic mass is 35.5. The van der Waals surface area contributed by atoms with Crippen LogP contribution < -0.4 is 5.32 Å². The molecule has 6 heteroatoms. The van der Waals surface area contributed by atoms with E-state index in [1.807, 2.05) is 30.3 Å². The highest BCUT2D eigenvalue weighted by Gasteiger charge is 2.05. The predicted octanol–water partition coefficient (Wildman–Crippen LogP) is 3.32. The van der Waals surface area contributed by atoms with Crippen molar-refractivity contribution < 1.29 is 5.11 Å². The SMILES string of the molecule is OCCCSCCNc1cc(Cl)nc(-c2ccccc2)n1. The van der Waals surface area contributed by atoms with Crippen LogP contribution >= 0.6 is 23.4 Å². The third-order valence-electron chi connectivity index (χ3n) is 2.73. The number of rotatable bonds is 8. The second-order valence-electron chi connectivity index (χ2n) is 4.38. The van der Waals surface area contributed by atoms with Crippen molar-refractivity contribution in [1.82, 2.24) is 9.97 Å². The molecule has 2 N–H and O–H groups in total. The Bertz CT molecular complexity index is 554. The Labute approximate surface area is 134 Å². The summed E-state index contributed by atoms with van der Waals surface area (Å²) in [7, 11) is 0. The van der Waals surface area contributed by atoms with Crippen molar-refractivity contribution in [2.24, 2.45) is 0 Å². The minimum Gasteiger partial charge on any atom is -0.396 e. The molecule has 0 saturated carbocycles. The first-order valence-electron chi connectivity index (χ1n) is 6.82. The van der Waals surface area contributed by atoms with E-state index in [1.54, 1.807) is 17.8 Å². The molecule has 0 atom stereocenters. The van der Waals surface area contributed by atoms with Crippen molar-refractivity contribution in [3.8, 4) is 11.4 Å². The van der Waals surface area contributed by atoms with Gasteiger partial charge < -0.3 is 10.4 Å². The number of anilines is 1. The largest absolute Gasteiger partial charge is 0.396 e. The molecule has 21 heavy (non-hydrogen) atoms. The molecule has 0 amide bonds. The summed E-state index contributed by atoms with van der Waals surface area (Å²) in [6.07, 6.45) is 0.835. The second-order valence-corrected chi connectivity index (χ2v) is 5.99. The number of nitrogens with one attached hydrogen (secondary N) is 1. The van der Waals surface area contributed by atoms with Crippen LogP contribution in [0.5, 0.6) is 0 Å². The Balaban J connectivity index is 1.93. The summed E-state index contributed by atoms with van der Waals surface area (Å²) in [5.74, 6) is 3.29. The zero-order valence-electron chi connectivity index (χ0n) is 11.6. The number of aliphatic hydroxyl groups excluding tert-OH is 1. The Hall–Kier alpha value is -1.30. The minimum absolute atomic E-state index is 0.252. The van der Waals surface area contributed by atoms with Crippen LogP contribution in [0.2, 0.25) is 5.15 Å². The van der Waals surface area contributed by atoms with Gasteiger partial charge in [-0.25, -0.2) is 9.97 Å². The van der Waals surface area contributed by atoms with E-state index >= 15 is 0 Å². The van der Waals surface area contributed by atoms with Gasteiger partial charge in [-0.15, -0.1) is 0 Å². The fourth-order valence-electron chi connectivity index (χ4n) is 1.74. The normalized spacial score (nSPS) is 10.6. The van der Waals surface area contributed by atoms with E-state index in [9.17, 15) is 0 Å². The Morgan fingerprint density at radius 2 is 1.95 bits per heavy atom. The van der Waals surface area contributed by atoms with Crippen LogP contribution in [0.3, 0.4) is 0 Å². The second kappa shape index (κ2) is 8.87. The summed E-state index contributed by atoms with van der Waals surface area (Å²) in [5, 5.41) is 12.4. The highest BCUT2D eigenvalue weighted by molar-refractivity contribution is 7.99. The molecule has 0 saturated heterocycles. The molecule has 1 aromatic carbocycles. The molecule has 4 nitrogen and oxygen atoms in total. The monoisotopic (exact) mass is 323 g/mol. The van der Waals surface area contributed by atoms with E-state index in [0.29, 0.717) is 11.0 Å². The summed E-state index contributed by atoms with van der Waals surface area (Å²) in [6, 6.07) is 11.5. The molecule has 0 fully saturated rings. The fraction of sp³-hybridized carbons (Fsp3) is 0.333. The Morgan fingerprint density at radius 1 is 1.14 bits per heavy atom. The first-order valence-corrected chi connectivity index (χ1v) is 8.35. The zero-order chi connectivity index (χ0) is 14.9. The topological polar surface area (TPSA) is 58.0 Å². The number of halogens is 1. The van der Waals surface area contributed by atoms with E-state index < -0.39 is 0 Å². The molecule has 1 aromatic heterocycles. The van der Waals surface area contributed by atoms with Gasteiger partial charge in [0.1, 0.15) is 11.0 Å². The summed E-state index contributed by atoms with van der Waals surface area (Å²) in [4.78, 5) is 8.74. The van der Waals surface area contributed by atoms with E-state index in [2.05, 4.69) is 15.3 Å². The van der Waals surface area contributed by atoms with Crippen molar-refractivity contribution in [1.29, 1.82) is 0 Å². The number of hydrogen-bond acceptors (Lipinski definition) is 5. The molecule has 0 radical (unpaired) electrons. The number of hydrogen-bond donors (Lipinski definition) is 2. The lowest BCUT2D eigenvalue weighted by Crippen LogP contribution is -2.07. The summed E-state index contributed by atoms with van der Waals surface area (Å²) in [6.45, 7) is 1.06. The maximum absolute atomic E-state index is 8.71. The first kappa shape index (κ1) is 16.1. The van der Waals surface area contributed by atoms with Crippen LogP contribution in [-0.2, 0) is 0 Å². The zero-order valence-corrected chi connectivity index (χ0v) is 13.2. The molecule has 2 aromatic rings. The number of nitrogens with zero attached hydrogens (tertiary/aromatic N) is 2. The third-order valence-corrected chi connectivity index (χ3v) is 3.99. The lowest BCUT2D eigenvalue weighted by atomic mass is 10.2. The van der Waals surface area contributed by atoms with Crippen molar-refractivity contribution in [2.45, 2.75) is 6.42 Å². The number of aliphatic hydroxyl groups is 1. The molecule has 0 spiro atoms. The summed E-state index contributed by atoms with van der Waals surface area (Å²) >= 11 is 7.86. The van der Waals surface area contributed by atoms with Gasteiger partial charge in [-0.3, -0.25) is 0 Å². The third kappa shape index (κ3) is 5.53. The highest BCUT2D eigenvalue weighted by Crippen LogP contribution is 2.20. The van der Waals surface area contributed by atoms with E-state index in [0.717, 1.165) is 35.9 Å². The first-order chi connectivity index (χ1) is 10.3. The van der Waals surface area contributed by atoms with E-state index in [1.165, 1.54) is 0 Å². The average Bonchev–Trinajstić information content (AvgIpc) is 2.51. The molecular weight excluding hydrogens is 306 g/mol.